The number of nitrogens with zero attached hydrogens (tertiary/aromatic N) is 4. The zero-order chi connectivity index (χ0) is 17.9. The lowest BCUT2D eigenvalue weighted by molar-refractivity contribution is -0.137. The van der Waals surface area contributed by atoms with E-state index in [9.17, 15) is 18.0 Å². The average Bonchev–Trinajstić information content (AvgIpc) is 2.94. The minimum atomic E-state index is -4.62. The zero-order valence-corrected chi connectivity index (χ0v) is 14.2. The number of tetrazole rings is 1. The van der Waals surface area contributed by atoms with Gasteiger partial charge in [0.05, 0.1) is 23.0 Å². The molecule has 0 saturated heterocycles. The molecule has 0 unspecified atom stereocenters. The predicted octanol–water partition coefficient (Wildman–Crippen LogP) is 3.66. The van der Waals surface area contributed by atoms with E-state index in [-0.39, 0.29) is 22.5 Å². The summed E-state index contributed by atoms with van der Waals surface area (Å²) >= 11 is 6.63. The highest BCUT2D eigenvalue weighted by Crippen LogP contribution is 2.36. The number of alkyl halides is 3. The Bertz CT molecular complexity index is 735. The molecule has 24 heavy (non-hydrogen) atoms. The molecule has 0 aliphatic rings. The third-order valence-corrected chi connectivity index (χ3v) is 4.01. The summed E-state index contributed by atoms with van der Waals surface area (Å²) in [4.78, 5) is 11.9. The van der Waals surface area contributed by atoms with Gasteiger partial charge in [0.15, 0.2) is 0 Å². The first-order valence-corrected chi connectivity index (χ1v) is 8.12. The summed E-state index contributed by atoms with van der Waals surface area (Å²) in [6.07, 6.45) is -4.62. The van der Waals surface area contributed by atoms with E-state index in [4.69, 9.17) is 11.6 Å². The molecular formula is C13H13ClF3N5OS. The van der Waals surface area contributed by atoms with E-state index < -0.39 is 17.6 Å². The highest BCUT2D eigenvalue weighted by molar-refractivity contribution is 7.99. The standard InChI is InChI=1S/C13H13ClF3N5OS/c1-7(2)22-12(19-20-21-22)24-6-11(23)18-10-4-3-8(14)5-9(10)13(15,16)17/h3-5,7H,6H2,1-2H3,(H,18,23). The molecule has 2 aromatic rings. The minimum Gasteiger partial charge on any atom is -0.325 e. The summed E-state index contributed by atoms with van der Waals surface area (Å²) in [6.45, 7) is 3.73. The van der Waals surface area contributed by atoms with E-state index in [1.54, 1.807) is 0 Å². The molecule has 2 rings (SSSR count). The van der Waals surface area contributed by atoms with Crippen LogP contribution in [0, 0.1) is 0 Å². The summed E-state index contributed by atoms with van der Waals surface area (Å²) in [5.41, 5.74) is -1.35. The maximum absolute atomic E-state index is 13.0. The van der Waals surface area contributed by atoms with Crippen LogP contribution in [0.5, 0.6) is 0 Å². The molecule has 0 aliphatic carbocycles. The Balaban J connectivity index is 2.07. The smallest absolute Gasteiger partial charge is 0.325 e. The predicted molar refractivity (Wildman–Crippen MR) is 84.0 cm³/mol. The van der Waals surface area contributed by atoms with Crippen molar-refractivity contribution in [3.63, 3.8) is 0 Å². The summed E-state index contributed by atoms with van der Waals surface area (Å²) < 4.78 is 40.5. The maximum atomic E-state index is 13.0. The number of aromatic nitrogens is 4. The molecule has 1 amide bonds. The van der Waals surface area contributed by atoms with Crippen molar-refractivity contribution in [3.8, 4) is 0 Å². The number of anilines is 1. The molecule has 6 nitrogen and oxygen atoms in total. The van der Waals surface area contributed by atoms with E-state index in [2.05, 4.69) is 20.8 Å². The molecule has 0 saturated carbocycles. The number of hydrogen-bond acceptors (Lipinski definition) is 5. The molecule has 0 atom stereocenters. The Morgan fingerprint density at radius 3 is 2.75 bits per heavy atom. The van der Waals surface area contributed by atoms with Crippen molar-refractivity contribution < 1.29 is 18.0 Å². The molecule has 0 aliphatic heterocycles. The monoisotopic (exact) mass is 379 g/mol. The number of hydrogen-bond donors (Lipinski definition) is 1. The van der Waals surface area contributed by atoms with E-state index in [0.717, 1.165) is 23.9 Å². The molecule has 0 radical (unpaired) electrons. The van der Waals surface area contributed by atoms with Crippen LogP contribution in [0.3, 0.4) is 0 Å². The van der Waals surface area contributed by atoms with Crippen LogP contribution in [-0.2, 0) is 11.0 Å². The molecule has 1 aromatic carbocycles. The topological polar surface area (TPSA) is 72.7 Å². The molecular weight excluding hydrogens is 367 g/mol. The van der Waals surface area contributed by atoms with Crippen molar-refractivity contribution in [1.82, 2.24) is 20.2 Å². The van der Waals surface area contributed by atoms with Crippen LogP contribution in [0.2, 0.25) is 5.02 Å². The van der Waals surface area contributed by atoms with E-state index in [1.807, 2.05) is 13.8 Å². The number of thioether (sulfide) groups is 1. The zero-order valence-electron chi connectivity index (χ0n) is 12.6. The van der Waals surface area contributed by atoms with Gasteiger partial charge in [0.25, 0.3) is 0 Å². The highest BCUT2D eigenvalue weighted by atomic mass is 35.5. The maximum Gasteiger partial charge on any atom is 0.418 e. The van der Waals surface area contributed by atoms with Crippen LogP contribution in [0.1, 0.15) is 25.5 Å². The van der Waals surface area contributed by atoms with Gasteiger partial charge in [-0.05, 0) is 42.5 Å². The molecule has 0 bridgehead atoms. The fourth-order valence-electron chi connectivity index (χ4n) is 1.78. The first-order chi connectivity index (χ1) is 11.2. The van der Waals surface area contributed by atoms with Crippen molar-refractivity contribution >= 4 is 35.0 Å². The van der Waals surface area contributed by atoms with Gasteiger partial charge >= 0.3 is 6.18 Å². The highest BCUT2D eigenvalue weighted by Gasteiger charge is 2.34. The molecule has 1 heterocycles. The molecule has 1 aromatic heterocycles. The summed E-state index contributed by atoms with van der Waals surface area (Å²) in [5, 5.41) is 13.6. The largest absolute Gasteiger partial charge is 0.418 e. The van der Waals surface area contributed by atoms with E-state index >= 15 is 0 Å². The number of amides is 1. The van der Waals surface area contributed by atoms with E-state index in [1.165, 1.54) is 10.7 Å². The number of carbonyl (C=O) groups excluding carboxylic acids is 1. The second-order valence-corrected chi connectivity index (χ2v) is 6.40. The number of halogens is 4. The van der Waals surface area contributed by atoms with Crippen molar-refractivity contribution in [1.29, 1.82) is 0 Å². The van der Waals surface area contributed by atoms with Crippen LogP contribution in [0.15, 0.2) is 23.4 Å². The van der Waals surface area contributed by atoms with Crippen LogP contribution in [0.25, 0.3) is 0 Å². The van der Waals surface area contributed by atoms with Crippen molar-refractivity contribution in [3.05, 3.63) is 28.8 Å². The van der Waals surface area contributed by atoms with Crippen molar-refractivity contribution in [2.45, 2.75) is 31.2 Å². The first kappa shape index (κ1) is 18.5. The van der Waals surface area contributed by atoms with Crippen LogP contribution < -0.4 is 5.32 Å². The van der Waals surface area contributed by atoms with Gasteiger partial charge < -0.3 is 5.32 Å². The Morgan fingerprint density at radius 1 is 1.42 bits per heavy atom. The van der Waals surface area contributed by atoms with E-state index in [0.29, 0.717) is 5.16 Å². The number of benzene rings is 1. The summed E-state index contributed by atoms with van der Waals surface area (Å²) in [7, 11) is 0. The molecule has 130 valence electrons. The summed E-state index contributed by atoms with van der Waals surface area (Å²) in [5.74, 6) is -0.737. The molecule has 0 fully saturated rings. The Kier molecular flexibility index (Phi) is 5.70. The second-order valence-electron chi connectivity index (χ2n) is 5.02. The molecule has 11 heteroatoms. The van der Waals surface area contributed by atoms with Crippen LogP contribution in [0.4, 0.5) is 18.9 Å². The number of rotatable bonds is 5. The number of nitrogens with one attached hydrogen (secondary N) is 1. The fourth-order valence-corrected chi connectivity index (χ4v) is 2.76. The Morgan fingerprint density at radius 2 is 2.12 bits per heavy atom. The van der Waals surface area contributed by atoms with Gasteiger partial charge in [-0.15, -0.1) is 5.10 Å². The van der Waals surface area contributed by atoms with Crippen molar-refractivity contribution in [2.24, 2.45) is 0 Å². The first-order valence-electron chi connectivity index (χ1n) is 6.75. The fraction of sp³-hybridized carbons (Fsp3) is 0.385. The third kappa shape index (κ3) is 4.60. The van der Waals surface area contributed by atoms with Crippen LogP contribution >= 0.6 is 23.4 Å². The Hall–Kier alpha value is -1.81. The lowest BCUT2D eigenvalue weighted by Crippen LogP contribution is -2.18. The van der Waals surface area contributed by atoms with Gasteiger partial charge in [0.2, 0.25) is 11.1 Å². The number of carbonyl (C=O) groups is 1. The normalized spacial score (nSPS) is 11.8. The quantitative estimate of drug-likeness (QED) is 0.803. The molecule has 1 N–H and O–H groups in total. The second kappa shape index (κ2) is 7.39. The summed E-state index contributed by atoms with van der Waals surface area (Å²) in [6, 6.07) is 3.16. The van der Waals surface area contributed by atoms with Gasteiger partial charge in [0, 0.05) is 5.02 Å². The van der Waals surface area contributed by atoms with Gasteiger partial charge in [-0.2, -0.15) is 13.2 Å². The van der Waals surface area contributed by atoms with Gasteiger partial charge in [0.1, 0.15) is 0 Å². The Labute approximate surface area is 144 Å². The van der Waals surface area contributed by atoms with Crippen molar-refractivity contribution in [2.75, 3.05) is 11.1 Å². The van der Waals surface area contributed by atoms with Crippen LogP contribution in [-0.4, -0.2) is 31.9 Å². The van der Waals surface area contributed by atoms with Gasteiger partial charge in [-0.25, -0.2) is 4.68 Å². The SMILES string of the molecule is CC(C)n1nnnc1SCC(=O)Nc1ccc(Cl)cc1C(F)(F)F. The van der Waals surface area contributed by atoms with Gasteiger partial charge in [-0.1, -0.05) is 23.4 Å². The molecule has 0 spiro atoms. The third-order valence-electron chi connectivity index (χ3n) is 2.85. The lowest BCUT2D eigenvalue weighted by Gasteiger charge is -2.14. The lowest BCUT2D eigenvalue weighted by atomic mass is 10.1. The average molecular weight is 380 g/mol. The minimum absolute atomic E-state index is 0.00124. The van der Waals surface area contributed by atoms with Gasteiger partial charge in [-0.3, -0.25) is 4.79 Å².